The van der Waals surface area contributed by atoms with E-state index in [4.69, 9.17) is 0 Å². The summed E-state index contributed by atoms with van der Waals surface area (Å²) in [6.45, 7) is 2.25. The average Bonchev–Trinajstić information content (AvgIpc) is 3.20. The molecule has 1 saturated carbocycles. The third-order valence-electron chi connectivity index (χ3n) is 5.08. The molecule has 0 saturated heterocycles. The molecule has 1 unspecified atom stereocenters. The van der Waals surface area contributed by atoms with Crippen LogP contribution in [0.2, 0.25) is 0 Å². The van der Waals surface area contributed by atoms with Crippen LogP contribution >= 0.6 is 11.8 Å². The average molecular weight is 405 g/mol. The summed E-state index contributed by atoms with van der Waals surface area (Å²) in [6, 6.07) is 6.40. The molecule has 150 valence electrons. The molecule has 6 heteroatoms. The van der Waals surface area contributed by atoms with Crippen molar-refractivity contribution in [1.29, 1.82) is 0 Å². The largest absolute Gasteiger partial charge is 0.380 e. The second-order valence-electron chi connectivity index (χ2n) is 7.38. The lowest BCUT2D eigenvalue weighted by molar-refractivity contribution is -0.110. The minimum atomic E-state index is -0.612. The third-order valence-corrected chi connectivity index (χ3v) is 6.43. The fourth-order valence-corrected chi connectivity index (χ4v) is 4.79. The van der Waals surface area contributed by atoms with E-state index < -0.39 is 11.6 Å². The number of aldehydes is 1. The number of benzene rings is 1. The highest BCUT2D eigenvalue weighted by molar-refractivity contribution is 8.00. The second-order valence-corrected chi connectivity index (χ2v) is 8.67. The van der Waals surface area contributed by atoms with Gasteiger partial charge in [0.25, 0.3) is 0 Å². The molecule has 1 atom stereocenters. The minimum absolute atomic E-state index is 0.0414. The zero-order valence-electron chi connectivity index (χ0n) is 16.1. The molecule has 1 aliphatic carbocycles. The number of thioether (sulfide) groups is 1. The number of halogens is 2. The summed E-state index contributed by atoms with van der Waals surface area (Å²) >= 11 is 1.71. The van der Waals surface area contributed by atoms with E-state index in [0.29, 0.717) is 30.2 Å². The summed E-state index contributed by atoms with van der Waals surface area (Å²) in [5, 5.41) is 4.18. The Kier molecular flexibility index (Phi) is 7.43. The van der Waals surface area contributed by atoms with Gasteiger partial charge in [-0.15, -0.1) is 11.8 Å². The summed E-state index contributed by atoms with van der Waals surface area (Å²) in [5.74, 6) is -1.27. The number of hydrogen-bond acceptors (Lipinski definition) is 4. The summed E-state index contributed by atoms with van der Waals surface area (Å²) in [5.41, 5.74) is 1.16. The van der Waals surface area contributed by atoms with Gasteiger partial charge in [-0.2, -0.15) is 0 Å². The van der Waals surface area contributed by atoms with Crippen LogP contribution in [0.5, 0.6) is 0 Å². The molecule has 1 aromatic heterocycles. The number of carbonyl (C=O) groups is 1. The lowest BCUT2D eigenvalue weighted by Crippen LogP contribution is -2.08. The van der Waals surface area contributed by atoms with Gasteiger partial charge in [0.1, 0.15) is 28.6 Å². The highest BCUT2D eigenvalue weighted by atomic mass is 32.2. The number of nitrogens with zero attached hydrogens (tertiary/aromatic N) is 1. The zero-order chi connectivity index (χ0) is 19.9. The fraction of sp³-hybridized carbons (Fsp3) is 0.455. The summed E-state index contributed by atoms with van der Waals surface area (Å²) in [4.78, 5) is 15.1. The lowest BCUT2D eigenvalue weighted by Gasteiger charge is -2.14. The van der Waals surface area contributed by atoms with Gasteiger partial charge in [-0.3, -0.25) is 0 Å². The first-order valence-corrected chi connectivity index (χ1v) is 10.8. The van der Waals surface area contributed by atoms with Gasteiger partial charge in [0.15, 0.2) is 0 Å². The monoisotopic (exact) mass is 404 g/mol. The molecule has 1 heterocycles. The van der Waals surface area contributed by atoms with Gasteiger partial charge in [0.2, 0.25) is 0 Å². The molecule has 1 N–H and O–H groups in total. The molecule has 0 amide bonds. The smallest absolute Gasteiger partial charge is 0.149 e. The lowest BCUT2D eigenvalue weighted by atomic mass is 10.1. The fourth-order valence-electron chi connectivity index (χ4n) is 3.47. The van der Waals surface area contributed by atoms with Gasteiger partial charge in [-0.05, 0) is 49.4 Å². The molecule has 1 aromatic carbocycles. The molecule has 0 bridgehead atoms. The van der Waals surface area contributed by atoms with Crippen LogP contribution in [0.3, 0.4) is 0 Å². The maximum Gasteiger partial charge on any atom is 0.149 e. The Balaban J connectivity index is 1.74. The quantitative estimate of drug-likeness (QED) is 0.406. The number of aromatic nitrogens is 1. The van der Waals surface area contributed by atoms with Crippen molar-refractivity contribution in [2.45, 2.75) is 55.7 Å². The molecular formula is C22H26F2N2OS. The predicted octanol–water partition coefficient (Wildman–Crippen LogP) is 6.09. The van der Waals surface area contributed by atoms with E-state index in [-0.39, 0.29) is 11.6 Å². The standard InChI is InChI=1S/C22H26F2N2OS/c1-15(14-27)6-4-10-25-21-19(23)12-16(13-20(21)24)18-9-5-11-26-22(18)28-17-7-2-3-8-17/h5,9,11-15,17,25H,2-4,6-8,10H2,1H3. The van der Waals surface area contributed by atoms with E-state index in [1.54, 1.807) is 24.0 Å². The molecule has 1 fully saturated rings. The molecule has 2 aromatic rings. The number of hydrogen-bond donors (Lipinski definition) is 1. The van der Waals surface area contributed by atoms with Gasteiger partial charge < -0.3 is 10.1 Å². The van der Waals surface area contributed by atoms with Crippen LogP contribution in [-0.2, 0) is 4.79 Å². The Hall–Kier alpha value is -1.95. The van der Waals surface area contributed by atoms with Crippen molar-refractivity contribution in [2.75, 3.05) is 11.9 Å². The molecule has 1 aliphatic rings. The van der Waals surface area contributed by atoms with Crippen LogP contribution < -0.4 is 5.32 Å². The van der Waals surface area contributed by atoms with E-state index in [0.717, 1.165) is 29.7 Å². The first-order valence-electron chi connectivity index (χ1n) is 9.88. The number of rotatable bonds is 9. The molecule has 0 radical (unpaired) electrons. The van der Waals surface area contributed by atoms with Gasteiger partial charge in [0, 0.05) is 29.5 Å². The Morgan fingerprint density at radius 3 is 2.68 bits per heavy atom. The minimum Gasteiger partial charge on any atom is -0.380 e. The molecule has 0 spiro atoms. The highest BCUT2D eigenvalue weighted by Gasteiger charge is 2.20. The number of anilines is 1. The van der Waals surface area contributed by atoms with Gasteiger partial charge >= 0.3 is 0 Å². The maximum absolute atomic E-state index is 14.6. The Bertz CT molecular complexity index is 786. The van der Waals surface area contributed by atoms with Gasteiger partial charge in [-0.1, -0.05) is 25.8 Å². The molecule has 28 heavy (non-hydrogen) atoms. The Morgan fingerprint density at radius 1 is 1.29 bits per heavy atom. The second kappa shape index (κ2) is 10.0. The summed E-state index contributed by atoms with van der Waals surface area (Å²) in [6.07, 6.45) is 8.77. The zero-order valence-corrected chi connectivity index (χ0v) is 16.9. The van der Waals surface area contributed by atoms with Crippen LogP contribution in [0, 0.1) is 17.6 Å². The highest BCUT2D eigenvalue weighted by Crippen LogP contribution is 2.39. The van der Waals surface area contributed by atoms with Crippen LogP contribution in [0.4, 0.5) is 14.5 Å². The molecule has 0 aliphatic heterocycles. The number of pyridine rings is 1. The van der Waals surface area contributed by atoms with E-state index in [9.17, 15) is 13.6 Å². The Morgan fingerprint density at radius 2 is 2.00 bits per heavy atom. The summed E-state index contributed by atoms with van der Waals surface area (Å²) < 4.78 is 29.2. The van der Waals surface area contributed by atoms with Crippen LogP contribution in [0.15, 0.2) is 35.5 Å². The van der Waals surface area contributed by atoms with E-state index in [1.807, 2.05) is 13.0 Å². The van der Waals surface area contributed by atoms with Crippen molar-refractivity contribution in [3.8, 4) is 11.1 Å². The molecular weight excluding hydrogens is 378 g/mol. The molecule has 3 rings (SSSR count). The van der Waals surface area contributed by atoms with Crippen LogP contribution in [-0.4, -0.2) is 23.1 Å². The SMILES string of the molecule is CC(C=O)CCCNc1c(F)cc(-c2cccnc2SC2CCCC2)cc1F. The predicted molar refractivity (Wildman–Crippen MR) is 111 cm³/mol. The third kappa shape index (κ3) is 5.31. The van der Waals surface area contributed by atoms with E-state index >= 15 is 0 Å². The number of carbonyl (C=O) groups excluding carboxylic acids is 1. The van der Waals surface area contributed by atoms with Crippen molar-refractivity contribution in [1.82, 2.24) is 4.98 Å². The van der Waals surface area contributed by atoms with Crippen LogP contribution in [0.1, 0.15) is 45.4 Å². The first-order chi connectivity index (χ1) is 13.6. The first kappa shape index (κ1) is 20.8. The Labute approximate surface area is 169 Å². The van der Waals surface area contributed by atoms with Crippen molar-refractivity contribution in [3.05, 3.63) is 42.1 Å². The van der Waals surface area contributed by atoms with Crippen molar-refractivity contribution in [2.24, 2.45) is 5.92 Å². The molecule has 3 nitrogen and oxygen atoms in total. The van der Waals surface area contributed by atoms with Gasteiger partial charge in [-0.25, -0.2) is 13.8 Å². The number of nitrogens with one attached hydrogen (secondary N) is 1. The summed E-state index contributed by atoms with van der Waals surface area (Å²) in [7, 11) is 0. The van der Waals surface area contributed by atoms with Crippen LogP contribution in [0.25, 0.3) is 11.1 Å². The van der Waals surface area contributed by atoms with Crippen molar-refractivity contribution in [3.63, 3.8) is 0 Å². The van der Waals surface area contributed by atoms with Gasteiger partial charge in [0.05, 0.1) is 0 Å². The topological polar surface area (TPSA) is 42.0 Å². The van der Waals surface area contributed by atoms with Crippen molar-refractivity contribution < 1.29 is 13.6 Å². The maximum atomic E-state index is 14.6. The van der Waals surface area contributed by atoms with E-state index in [1.165, 1.54) is 25.0 Å². The van der Waals surface area contributed by atoms with Crippen molar-refractivity contribution >= 4 is 23.7 Å². The normalized spacial score (nSPS) is 15.5. The van der Waals surface area contributed by atoms with E-state index in [2.05, 4.69) is 10.3 Å².